The molecule has 0 amide bonds. The van der Waals surface area contributed by atoms with Gasteiger partial charge in [-0.1, -0.05) is 141 Å². The molecule has 0 spiro atoms. The van der Waals surface area contributed by atoms with E-state index in [2.05, 4.69) is 11.9 Å². The second kappa shape index (κ2) is 18.7. The Bertz CT molecular complexity index is 654. The lowest BCUT2D eigenvalue weighted by molar-refractivity contribution is -0.114. The number of fused-ring (bicyclic) bond motifs is 1. The van der Waals surface area contributed by atoms with E-state index in [1.807, 2.05) is 24.3 Å². The smallest absolute Gasteiger partial charge is 0.189 e. The number of nitrogens with zero attached hydrogens (tertiary/aromatic N) is 1. The lowest BCUT2D eigenvalue weighted by atomic mass is 10.0. The van der Waals surface area contributed by atoms with E-state index < -0.39 is 6.10 Å². The average Bonchev–Trinajstić information content (AvgIpc) is 2.85. The van der Waals surface area contributed by atoms with Crippen LogP contribution >= 0.6 is 0 Å². The first-order chi connectivity index (χ1) is 16.3. The molecule has 1 aliphatic heterocycles. The Kier molecular flexibility index (Phi) is 15.7. The quantitative estimate of drug-likeness (QED) is 0.137. The molecule has 0 bridgehead atoms. The van der Waals surface area contributed by atoms with E-state index in [9.17, 15) is 4.79 Å². The standard InChI is InChI=1S/C30H49NO2/c1-2-3-4-5-6-7-8-9-10-11-12-13-14-15-16-17-18-19-20-25-30-31-28-24-22-21-23-27(28)29(26-32)33-30/h21-24,26,29H,2-20,25H2,1H3. The second-order valence-corrected chi connectivity index (χ2v) is 9.85. The van der Waals surface area contributed by atoms with Gasteiger partial charge in [0.2, 0.25) is 0 Å². The van der Waals surface area contributed by atoms with E-state index in [0.29, 0.717) is 0 Å². The van der Waals surface area contributed by atoms with Crippen LogP contribution in [-0.4, -0.2) is 12.2 Å². The molecular weight excluding hydrogens is 406 g/mol. The van der Waals surface area contributed by atoms with Crippen LogP contribution in [0.15, 0.2) is 29.3 Å². The van der Waals surface area contributed by atoms with Gasteiger partial charge in [-0.2, -0.15) is 0 Å². The van der Waals surface area contributed by atoms with Crippen LogP contribution in [0.5, 0.6) is 0 Å². The Morgan fingerprint density at radius 2 is 1.15 bits per heavy atom. The summed E-state index contributed by atoms with van der Waals surface area (Å²) < 4.78 is 5.78. The third-order valence-electron chi connectivity index (χ3n) is 6.87. The molecule has 0 aliphatic carbocycles. The number of carbonyl (C=O) groups is 1. The van der Waals surface area contributed by atoms with Crippen molar-refractivity contribution in [3.8, 4) is 0 Å². The lowest BCUT2D eigenvalue weighted by Crippen LogP contribution is -2.16. The van der Waals surface area contributed by atoms with Gasteiger partial charge in [0.05, 0.1) is 5.69 Å². The van der Waals surface area contributed by atoms with Crippen LogP contribution < -0.4 is 0 Å². The molecule has 1 aliphatic rings. The van der Waals surface area contributed by atoms with E-state index in [0.717, 1.165) is 36.3 Å². The summed E-state index contributed by atoms with van der Waals surface area (Å²) in [5.41, 5.74) is 1.76. The van der Waals surface area contributed by atoms with Crippen LogP contribution in [0, 0.1) is 0 Å². The van der Waals surface area contributed by atoms with Crippen molar-refractivity contribution in [2.45, 2.75) is 141 Å². The van der Waals surface area contributed by atoms with Gasteiger partial charge in [-0.25, -0.2) is 4.99 Å². The number of aliphatic imine (C=N–C) groups is 1. The van der Waals surface area contributed by atoms with Crippen molar-refractivity contribution < 1.29 is 9.53 Å². The first-order valence-corrected chi connectivity index (χ1v) is 14.1. The molecular formula is C30H49NO2. The van der Waals surface area contributed by atoms with Gasteiger partial charge in [0, 0.05) is 12.0 Å². The summed E-state index contributed by atoms with van der Waals surface area (Å²) >= 11 is 0. The third kappa shape index (κ3) is 12.4. The molecule has 1 heterocycles. The molecule has 1 atom stereocenters. The highest BCUT2D eigenvalue weighted by Gasteiger charge is 2.22. The number of benzene rings is 1. The van der Waals surface area contributed by atoms with E-state index in [-0.39, 0.29) is 0 Å². The van der Waals surface area contributed by atoms with Gasteiger partial charge in [-0.3, -0.25) is 4.79 Å². The van der Waals surface area contributed by atoms with Crippen molar-refractivity contribution in [1.29, 1.82) is 0 Å². The lowest BCUT2D eigenvalue weighted by Gasteiger charge is -2.22. The fraction of sp³-hybridized carbons (Fsp3) is 0.733. The van der Waals surface area contributed by atoms with E-state index >= 15 is 0 Å². The van der Waals surface area contributed by atoms with Crippen molar-refractivity contribution in [3.63, 3.8) is 0 Å². The normalized spacial score (nSPS) is 15.1. The number of unbranched alkanes of at least 4 members (excludes halogenated alkanes) is 18. The van der Waals surface area contributed by atoms with Gasteiger partial charge >= 0.3 is 0 Å². The Hall–Kier alpha value is -1.64. The minimum Gasteiger partial charge on any atom is -0.465 e. The van der Waals surface area contributed by atoms with Gasteiger partial charge in [0.1, 0.15) is 0 Å². The second-order valence-electron chi connectivity index (χ2n) is 9.85. The molecule has 3 nitrogen and oxygen atoms in total. The molecule has 33 heavy (non-hydrogen) atoms. The van der Waals surface area contributed by atoms with E-state index in [4.69, 9.17) is 4.74 Å². The Labute approximate surface area is 203 Å². The number of ether oxygens (including phenoxy) is 1. The monoisotopic (exact) mass is 455 g/mol. The predicted molar refractivity (Wildman–Crippen MR) is 141 cm³/mol. The summed E-state index contributed by atoms with van der Waals surface area (Å²) in [4.78, 5) is 15.9. The topological polar surface area (TPSA) is 38.7 Å². The van der Waals surface area contributed by atoms with Crippen molar-refractivity contribution in [1.82, 2.24) is 0 Å². The largest absolute Gasteiger partial charge is 0.465 e. The zero-order valence-electron chi connectivity index (χ0n) is 21.4. The van der Waals surface area contributed by atoms with Crippen molar-refractivity contribution in [3.05, 3.63) is 29.8 Å². The highest BCUT2D eigenvalue weighted by atomic mass is 16.5. The summed E-state index contributed by atoms with van der Waals surface area (Å²) in [6.45, 7) is 2.29. The maximum absolute atomic E-state index is 11.3. The van der Waals surface area contributed by atoms with Gasteiger partial charge in [0.15, 0.2) is 18.3 Å². The van der Waals surface area contributed by atoms with Crippen LogP contribution in [0.2, 0.25) is 0 Å². The number of carbonyl (C=O) groups excluding carboxylic acids is 1. The van der Waals surface area contributed by atoms with Crippen LogP contribution in [0.1, 0.15) is 147 Å². The number of hydrogen-bond donors (Lipinski definition) is 0. The minimum absolute atomic E-state index is 0.492. The molecule has 2 rings (SSSR count). The SMILES string of the molecule is CCCCCCCCCCCCCCCCCCCCCC1=Nc2ccccc2C(C=O)O1. The molecule has 1 unspecified atom stereocenters. The summed E-state index contributed by atoms with van der Waals surface area (Å²) in [7, 11) is 0. The predicted octanol–water partition coefficient (Wildman–Crippen LogP) is 9.81. The third-order valence-corrected chi connectivity index (χ3v) is 6.87. The summed E-state index contributed by atoms with van der Waals surface area (Å²) in [5, 5.41) is 0. The molecule has 1 aromatic carbocycles. The molecule has 0 aromatic heterocycles. The minimum atomic E-state index is -0.492. The molecule has 3 heteroatoms. The molecule has 0 saturated heterocycles. The Morgan fingerprint density at radius 3 is 1.64 bits per heavy atom. The molecule has 0 radical (unpaired) electrons. The molecule has 0 N–H and O–H groups in total. The Balaban J connectivity index is 1.34. The van der Waals surface area contributed by atoms with E-state index in [1.54, 1.807) is 0 Å². The number of hydrogen-bond acceptors (Lipinski definition) is 3. The zero-order valence-corrected chi connectivity index (χ0v) is 21.4. The van der Waals surface area contributed by atoms with Gasteiger partial charge in [0.25, 0.3) is 0 Å². The van der Waals surface area contributed by atoms with Crippen LogP contribution in [-0.2, 0) is 9.53 Å². The van der Waals surface area contributed by atoms with Crippen LogP contribution in [0.4, 0.5) is 5.69 Å². The first-order valence-electron chi connectivity index (χ1n) is 14.1. The molecule has 1 aromatic rings. The average molecular weight is 456 g/mol. The fourth-order valence-corrected chi connectivity index (χ4v) is 4.77. The molecule has 0 fully saturated rings. The van der Waals surface area contributed by atoms with Crippen molar-refractivity contribution in [2.24, 2.45) is 4.99 Å². The highest BCUT2D eigenvalue weighted by Crippen LogP contribution is 2.32. The summed E-state index contributed by atoms with van der Waals surface area (Å²) in [6.07, 6.45) is 27.6. The fourth-order valence-electron chi connectivity index (χ4n) is 4.77. The first kappa shape index (κ1) is 27.6. The van der Waals surface area contributed by atoms with E-state index in [1.165, 1.54) is 116 Å². The van der Waals surface area contributed by atoms with Gasteiger partial charge < -0.3 is 4.74 Å². The number of aldehydes is 1. The van der Waals surface area contributed by atoms with Crippen LogP contribution in [0.25, 0.3) is 0 Å². The molecule has 186 valence electrons. The number of para-hydroxylation sites is 1. The van der Waals surface area contributed by atoms with Crippen LogP contribution in [0.3, 0.4) is 0 Å². The molecule has 0 saturated carbocycles. The summed E-state index contributed by atoms with van der Waals surface area (Å²) in [5.74, 6) is 0.720. The number of rotatable bonds is 21. The maximum Gasteiger partial charge on any atom is 0.189 e. The zero-order chi connectivity index (χ0) is 23.4. The van der Waals surface area contributed by atoms with Crippen molar-refractivity contribution in [2.75, 3.05) is 0 Å². The maximum atomic E-state index is 11.3. The summed E-state index contributed by atoms with van der Waals surface area (Å²) in [6, 6.07) is 7.78. The van der Waals surface area contributed by atoms with Gasteiger partial charge in [-0.05, 0) is 12.5 Å². The van der Waals surface area contributed by atoms with Gasteiger partial charge in [-0.15, -0.1) is 0 Å². The Morgan fingerprint density at radius 1 is 0.697 bits per heavy atom. The highest BCUT2D eigenvalue weighted by molar-refractivity contribution is 5.85. The van der Waals surface area contributed by atoms with Crippen molar-refractivity contribution >= 4 is 17.9 Å².